The van der Waals surface area contributed by atoms with E-state index in [9.17, 15) is 14.4 Å². The quantitative estimate of drug-likeness (QED) is 0.683. The van der Waals surface area contributed by atoms with Crippen molar-refractivity contribution in [2.75, 3.05) is 5.32 Å². The standard InChI is InChI=1S/C21H17N3O4/c25-18(12-19(26)27)22-15-6-7-16-17(11-15)23-20-14(8-9-24(20)21(16)28)10-13-4-2-1-3-5-13/h1-7,10-11H,8-9,12H2,(H,22,25)(H,26,27)/b14-10+. The summed E-state index contributed by atoms with van der Waals surface area (Å²) in [4.78, 5) is 39.8. The summed E-state index contributed by atoms with van der Waals surface area (Å²) in [6.45, 7) is 0.576. The number of carboxylic acids is 1. The van der Waals surface area contributed by atoms with Crippen molar-refractivity contribution in [1.82, 2.24) is 9.55 Å². The molecule has 28 heavy (non-hydrogen) atoms. The minimum absolute atomic E-state index is 0.125. The molecule has 0 radical (unpaired) electrons. The lowest BCUT2D eigenvalue weighted by Gasteiger charge is -2.08. The minimum atomic E-state index is -1.21. The largest absolute Gasteiger partial charge is 0.481 e. The van der Waals surface area contributed by atoms with E-state index in [1.54, 1.807) is 22.8 Å². The Labute approximate surface area is 160 Å². The molecule has 0 unspecified atom stereocenters. The van der Waals surface area contributed by atoms with Crippen LogP contribution < -0.4 is 10.9 Å². The number of carbonyl (C=O) groups excluding carboxylic acids is 1. The highest BCUT2D eigenvalue weighted by Gasteiger charge is 2.21. The van der Waals surface area contributed by atoms with Gasteiger partial charge >= 0.3 is 5.97 Å². The predicted octanol–water partition coefficient (Wildman–Crippen LogP) is 2.75. The minimum Gasteiger partial charge on any atom is -0.481 e. The number of allylic oxidation sites excluding steroid dienone is 1. The molecule has 0 aliphatic carbocycles. The molecule has 0 spiro atoms. The lowest BCUT2D eigenvalue weighted by atomic mass is 10.1. The zero-order chi connectivity index (χ0) is 19.7. The monoisotopic (exact) mass is 375 g/mol. The van der Waals surface area contributed by atoms with Crippen LogP contribution in [0.25, 0.3) is 22.6 Å². The second-order valence-electron chi connectivity index (χ2n) is 6.57. The molecule has 1 amide bonds. The Balaban J connectivity index is 1.74. The predicted molar refractivity (Wildman–Crippen MR) is 106 cm³/mol. The Morgan fingerprint density at radius 2 is 1.96 bits per heavy atom. The third kappa shape index (κ3) is 3.42. The van der Waals surface area contributed by atoms with Gasteiger partial charge in [0.1, 0.15) is 12.2 Å². The van der Waals surface area contributed by atoms with E-state index in [4.69, 9.17) is 5.11 Å². The Hall–Kier alpha value is -3.74. The molecule has 1 aromatic heterocycles. The molecular formula is C21H17N3O4. The lowest BCUT2D eigenvalue weighted by molar-refractivity contribution is -0.139. The first-order chi connectivity index (χ1) is 13.5. The molecule has 2 heterocycles. The zero-order valence-electron chi connectivity index (χ0n) is 14.9. The summed E-state index contributed by atoms with van der Waals surface area (Å²) in [6, 6.07) is 14.6. The van der Waals surface area contributed by atoms with Gasteiger partial charge in [-0.15, -0.1) is 0 Å². The first kappa shape index (κ1) is 17.7. The van der Waals surface area contributed by atoms with Gasteiger partial charge in [0.05, 0.1) is 10.9 Å². The highest BCUT2D eigenvalue weighted by Crippen LogP contribution is 2.28. The molecule has 0 saturated carbocycles. The first-order valence-corrected chi connectivity index (χ1v) is 8.83. The van der Waals surface area contributed by atoms with E-state index in [-0.39, 0.29) is 5.56 Å². The van der Waals surface area contributed by atoms with Gasteiger partial charge in [0, 0.05) is 12.2 Å². The average molecular weight is 375 g/mol. The number of rotatable bonds is 4. The van der Waals surface area contributed by atoms with Gasteiger partial charge in [-0.3, -0.25) is 19.0 Å². The topological polar surface area (TPSA) is 101 Å². The fourth-order valence-corrected chi connectivity index (χ4v) is 3.33. The maximum atomic E-state index is 12.8. The van der Waals surface area contributed by atoms with Crippen molar-refractivity contribution in [3.05, 3.63) is 70.3 Å². The summed E-state index contributed by atoms with van der Waals surface area (Å²) in [7, 11) is 0. The molecule has 7 heteroatoms. The van der Waals surface area contributed by atoms with E-state index in [1.165, 1.54) is 0 Å². The van der Waals surface area contributed by atoms with Crippen molar-refractivity contribution in [2.45, 2.75) is 19.4 Å². The van der Waals surface area contributed by atoms with Gasteiger partial charge in [-0.1, -0.05) is 30.3 Å². The number of nitrogens with one attached hydrogen (secondary N) is 1. The van der Waals surface area contributed by atoms with Crippen LogP contribution in [0, 0.1) is 0 Å². The number of aliphatic carboxylic acids is 1. The molecule has 1 aliphatic rings. The van der Waals surface area contributed by atoms with E-state index >= 15 is 0 Å². The molecule has 1 aliphatic heterocycles. The molecule has 2 aromatic carbocycles. The number of benzene rings is 2. The van der Waals surface area contributed by atoms with Crippen LogP contribution in [-0.2, 0) is 16.1 Å². The maximum absolute atomic E-state index is 12.8. The second kappa shape index (κ2) is 7.11. The van der Waals surface area contributed by atoms with Crippen LogP contribution in [0.5, 0.6) is 0 Å². The lowest BCUT2D eigenvalue weighted by Crippen LogP contribution is -2.21. The number of hydrogen-bond donors (Lipinski definition) is 2. The van der Waals surface area contributed by atoms with E-state index in [1.807, 2.05) is 36.4 Å². The highest BCUT2D eigenvalue weighted by molar-refractivity contribution is 6.02. The first-order valence-electron chi connectivity index (χ1n) is 8.83. The second-order valence-corrected chi connectivity index (χ2v) is 6.57. The van der Waals surface area contributed by atoms with Crippen molar-refractivity contribution in [3.8, 4) is 0 Å². The Kier molecular flexibility index (Phi) is 4.49. The Bertz CT molecular complexity index is 1180. The molecule has 2 N–H and O–H groups in total. The number of aromatic nitrogens is 2. The molecule has 0 saturated heterocycles. The van der Waals surface area contributed by atoms with Crippen molar-refractivity contribution >= 4 is 40.1 Å². The summed E-state index contributed by atoms with van der Waals surface area (Å²) >= 11 is 0. The summed E-state index contributed by atoms with van der Waals surface area (Å²) in [6.07, 6.45) is 2.12. The number of carbonyl (C=O) groups is 2. The fourth-order valence-electron chi connectivity index (χ4n) is 3.33. The van der Waals surface area contributed by atoms with Crippen molar-refractivity contribution in [1.29, 1.82) is 0 Å². The molecule has 4 rings (SSSR count). The fraction of sp³-hybridized carbons (Fsp3) is 0.143. The highest BCUT2D eigenvalue weighted by atomic mass is 16.4. The van der Waals surface area contributed by atoms with Crippen LogP contribution in [0.15, 0.2) is 53.3 Å². The van der Waals surface area contributed by atoms with E-state index in [0.29, 0.717) is 29.0 Å². The van der Waals surface area contributed by atoms with Crippen LogP contribution in [0.3, 0.4) is 0 Å². The van der Waals surface area contributed by atoms with E-state index < -0.39 is 18.3 Å². The van der Waals surface area contributed by atoms with Crippen LogP contribution in [0.2, 0.25) is 0 Å². The molecule has 0 fully saturated rings. The smallest absolute Gasteiger partial charge is 0.312 e. The third-order valence-electron chi connectivity index (χ3n) is 4.58. The molecule has 140 valence electrons. The number of anilines is 1. The van der Waals surface area contributed by atoms with Crippen LogP contribution in [0.4, 0.5) is 5.69 Å². The molecule has 7 nitrogen and oxygen atoms in total. The zero-order valence-corrected chi connectivity index (χ0v) is 14.9. The van der Waals surface area contributed by atoms with Crippen LogP contribution in [0.1, 0.15) is 24.2 Å². The number of amides is 1. The summed E-state index contributed by atoms with van der Waals surface area (Å²) < 4.78 is 1.67. The maximum Gasteiger partial charge on any atom is 0.312 e. The molecule has 0 atom stereocenters. The SMILES string of the molecule is O=C(O)CC(=O)Nc1ccc2c(=O)n3c(nc2c1)/C(=C/c1ccccc1)CC3. The average Bonchev–Trinajstić information content (AvgIpc) is 3.05. The van der Waals surface area contributed by atoms with Gasteiger partial charge in [0.25, 0.3) is 5.56 Å². The summed E-state index contributed by atoms with van der Waals surface area (Å²) in [5.74, 6) is -1.21. The summed E-state index contributed by atoms with van der Waals surface area (Å²) in [5, 5.41) is 11.7. The van der Waals surface area contributed by atoms with Crippen molar-refractivity contribution in [2.24, 2.45) is 0 Å². The molecular weight excluding hydrogens is 358 g/mol. The number of fused-ring (bicyclic) bond motifs is 2. The van der Waals surface area contributed by atoms with Gasteiger partial charge in [0.2, 0.25) is 5.91 Å². The van der Waals surface area contributed by atoms with Gasteiger partial charge < -0.3 is 10.4 Å². The van der Waals surface area contributed by atoms with Crippen LogP contribution >= 0.6 is 0 Å². The summed E-state index contributed by atoms with van der Waals surface area (Å²) in [5.41, 5.74) is 2.76. The van der Waals surface area contributed by atoms with Crippen LogP contribution in [-0.4, -0.2) is 26.5 Å². The third-order valence-corrected chi connectivity index (χ3v) is 4.58. The molecule has 3 aromatic rings. The molecule has 0 bridgehead atoms. The van der Waals surface area contributed by atoms with Gasteiger partial charge in [-0.05, 0) is 41.8 Å². The number of hydrogen-bond acceptors (Lipinski definition) is 4. The number of carboxylic acid groups (broad SMARTS) is 1. The van der Waals surface area contributed by atoms with Crippen molar-refractivity contribution in [3.63, 3.8) is 0 Å². The van der Waals surface area contributed by atoms with Gasteiger partial charge in [-0.2, -0.15) is 0 Å². The van der Waals surface area contributed by atoms with Gasteiger partial charge in [-0.25, -0.2) is 4.98 Å². The Morgan fingerprint density at radius 3 is 2.71 bits per heavy atom. The van der Waals surface area contributed by atoms with Gasteiger partial charge in [0.15, 0.2) is 0 Å². The van der Waals surface area contributed by atoms with Crippen molar-refractivity contribution < 1.29 is 14.7 Å². The normalized spacial score (nSPS) is 14.2. The van der Waals surface area contributed by atoms with E-state index in [0.717, 1.165) is 17.6 Å². The number of nitrogens with zero attached hydrogens (tertiary/aromatic N) is 2. The Morgan fingerprint density at radius 1 is 1.18 bits per heavy atom. The van der Waals surface area contributed by atoms with E-state index in [2.05, 4.69) is 10.3 Å².